The highest BCUT2D eigenvalue weighted by atomic mass is 32.2. The first-order chi connectivity index (χ1) is 11.4. The van der Waals surface area contributed by atoms with Gasteiger partial charge in [-0.1, -0.05) is 23.8 Å². The smallest absolute Gasteiger partial charge is 0.251 e. The van der Waals surface area contributed by atoms with Crippen molar-refractivity contribution >= 4 is 15.9 Å². The van der Waals surface area contributed by atoms with Crippen molar-refractivity contribution in [2.24, 2.45) is 0 Å². The molecule has 0 aliphatic carbocycles. The third-order valence-electron chi connectivity index (χ3n) is 3.51. The first kappa shape index (κ1) is 18.1. The van der Waals surface area contributed by atoms with Crippen LogP contribution in [0.4, 0.5) is 0 Å². The fourth-order valence-electron chi connectivity index (χ4n) is 2.16. The van der Waals surface area contributed by atoms with E-state index >= 15 is 0 Å². The van der Waals surface area contributed by atoms with E-state index < -0.39 is 10.0 Å². The van der Waals surface area contributed by atoms with Gasteiger partial charge in [0.15, 0.2) is 0 Å². The molecule has 1 amide bonds. The Balaban J connectivity index is 1.93. The summed E-state index contributed by atoms with van der Waals surface area (Å²) in [5.41, 5.74) is 2.43. The summed E-state index contributed by atoms with van der Waals surface area (Å²) in [6.45, 7) is 2.61. The second-order valence-corrected chi connectivity index (χ2v) is 7.56. The summed E-state index contributed by atoms with van der Waals surface area (Å²) in [7, 11) is -3.38. The Kier molecular flexibility index (Phi) is 6.05. The maximum Gasteiger partial charge on any atom is 0.251 e. The summed E-state index contributed by atoms with van der Waals surface area (Å²) in [6.07, 6.45) is 4.42. The van der Waals surface area contributed by atoms with Gasteiger partial charge in [0.05, 0.1) is 6.26 Å². The number of hydrogen-bond donors (Lipinski definition) is 1. The number of pyridine rings is 1. The molecule has 7 heteroatoms. The van der Waals surface area contributed by atoms with Crippen LogP contribution in [0.2, 0.25) is 0 Å². The molecular weight excluding hydrogens is 326 g/mol. The van der Waals surface area contributed by atoms with Crippen molar-refractivity contribution in [1.29, 1.82) is 0 Å². The molecule has 6 nitrogen and oxygen atoms in total. The molecule has 2 rings (SSSR count). The molecule has 1 aromatic heterocycles. The molecule has 0 aliphatic rings. The minimum Gasteiger partial charge on any atom is -0.351 e. The maximum atomic E-state index is 12.1. The number of aromatic nitrogens is 1. The largest absolute Gasteiger partial charge is 0.351 e. The van der Waals surface area contributed by atoms with Gasteiger partial charge in [0.2, 0.25) is 10.0 Å². The van der Waals surface area contributed by atoms with Crippen molar-refractivity contribution < 1.29 is 13.2 Å². The van der Waals surface area contributed by atoms with Gasteiger partial charge in [-0.15, -0.1) is 0 Å². The van der Waals surface area contributed by atoms with Crippen molar-refractivity contribution in [3.8, 4) is 0 Å². The van der Waals surface area contributed by atoms with Crippen molar-refractivity contribution in [3.63, 3.8) is 0 Å². The van der Waals surface area contributed by atoms with Crippen LogP contribution in [0, 0.1) is 6.92 Å². The number of amides is 1. The summed E-state index contributed by atoms with van der Waals surface area (Å²) >= 11 is 0. The summed E-state index contributed by atoms with van der Waals surface area (Å²) in [5.74, 6) is -0.218. The lowest BCUT2D eigenvalue weighted by Crippen LogP contribution is -2.37. The van der Waals surface area contributed by atoms with Crippen LogP contribution in [0.15, 0.2) is 48.8 Å². The topological polar surface area (TPSA) is 79.4 Å². The van der Waals surface area contributed by atoms with Crippen molar-refractivity contribution in [1.82, 2.24) is 14.6 Å². The lowest BCUT2D eigenvalue weighted by Gasteiger charge is -2.20. The molecule has 0 atom stereocenters. The highest BCUT2D eigenvalue weighted by Gasteiger charge is 2.17. The van der Waals surface area contributed by atoms with Gasteiger partial charge in [-0.3, -0.25) is 9.78 Å². The van der Waals surface area contributed by atoms with Crippen molar-refractivity contribution in [2.75, 3.05) is 19.3 Å². The highest BCUT2D eigenvalue weighted by Crippen LogP contribution is 2.07. The summed E-state index contributed by atoms with van der Waals surface area (Å²) in [4.78, 5) is 16.0. The zero-order chi connectivity index (χ0) is 17.6. The van der Waals surface area contributed by atoms with E-state index in [-0.39, 0.29) is 25.5 Å². The molecule has 1 aromatic carbocycles. The highest BCUT2D eigenvalue weighted by molar-refractivity contribution is 7.88. The quantitative estimate of drug-likeness (QED) is 0.825. The number of hydrogen-bond acceptors (Lipinski definition) is 4. The van der Waals surface area contributed by atoms with Crippen LogP contribution in [-0.4, -0.2) is 43.0 Å². The number of benzene rings is 1. The average molecular weight is 347 g/mol. The second-order valence-electron chi connectivity index (χ2n) is 5.58. The van der Waals surface area contributed by atoms with Crippen LogP contribution in [-0.2, 0) is 16.6 Å². The lowest BCUT2D eigenvalue weighted by molar-refractivity contribution is 0.0951. The SMILES string of the molecule is Cc1ccc(C(=O)NCCN(Cc2cccnc2)S(C)(=O)=O)cc1. The third kappa shape index (κ3) is 5.43. The third-order valence-corrected chi connectivity index (χ3v) is 4.76. The molecule has 0 saturated heterocycles. The number of nitrogens with zero attached hydrogens (tertiary/aromatic N) is 2. The van der Waals surface area contributed by atoms with Gasteiger partial charge in [0, 0.05) is 37.6 Å². The van der Waals surface area contributed by atoms with Gasteiger partial charge >= 0.3 is 0 Å². The zero-order valence-electron chi connectivity index (χ0n) is 13.8. The molecule has 2 aromatic rings. The van der Waals surface area contributed by atoms with E-state index in [1.807, 2.05) is 25.1 Å². The van der Waals surface area contributed by atoms with Crippen LogP contribution in [0.3, 0.4) is 0 Å². The predicted octanol–water partition coefficient (Wildman–Crippen LogP) is 1.58. The van der Waals surface area contributed by atoms with Gasteiger partial charge < -0.3 is 5.32 Å². The Labute approximate surface area is 142 Å². The summed E-state index contributed by atoms with van der Waals surface area (Å²) < 4.78 is 25.1. The van der Waals surface area contributed by atoms with E-state index in [1.165, 1.54) is 4.31 Å². The number of carbonyl (C=O) groups is 1. The van der Waals surface area contributed by atoms with Gasteiger partial charge in [0.25, 0.3) is 5.91 Å². The van der Waals surface area contributed by atoms with Gasteiger partial charge in [-0.2, -0.15) is 4.31 Å². The van der Waals surface area contributed by atoms with Gasteiger partial charge in [-0.25, -0.2) is 8.42 Å². The first-order valence-electron chi connectivity index (χ1n) is 7.55. The fraction of sp³-hybridized carbons (Fsp3) is 0.294. The second kappa shape index (κ2) is 8.03. The van der Waals surface area contributed by atoms with E-state index in [2.05, 4.69) is 10.3 Å². The molecule has 0 spiro atoms. The number of nitrogens with one attached hydrogen (secondary N) is 1. The van der Waals surface area contributed by atoms with Crippen molar-refractivity contribution in [2.45, 2.75) is 13.5 Å². The van der Waals surface area contributed by atoms with E-state index in [0.29, 0.717) is 5.56 Å². The van der Waals surface area contributed by atoms with Crippen LogP contribution >= 0.6 is 0 Å². The molecule has 128 valence electrons. The minimum atomic E-state index is -3.38. The Morgan fingerprint density at radius 1 is 1.21 bits per heavy atom. The number of rotatable bonds is 7. The molecule has 1 N–H and O–H groups in total. The molecule has 0 radical (unpaired) electrons. The van der Waals surface area contributed by atoms with Gasteiger partial charge in [0.1, 0.15) is 0 Å². The first-order valence-corrected chi connectivity index (χ1v) is 9.40. The molecule has 0 unspecified atom stereocenters. The number of sulfonamides is 1. The summed E-state index contributed by atoms with van der Waals surface area (Å²) in [6, 6.07) is 10.8. The zero-order valence-corrected chi connectivity index (χ0v) is 14.6. The number of aryl methyl sites for hydroxylation is 1. The standard InChI is InChI=1S/C17H21N3O3S/c1-14-5-7-16(8-6-14)17(21)19-10-11-20(24(2,22)23)13-15-4-3-9-18-12-15/h3-9,12H,10-11,13H2,1-2H3,(H,19,21). The predicted molar refractivity (Wildman–Crippen MR) is 93.0 cm³/mol. The Bertz CT molecular complexity index is 774. The van der Waals surface area contributed by atoms with Crippen molar-refractivity contribution in [3.05, 3.63) is 65.5 Å². The maximum absolute atomic E-state index is 12.1. The minimum absolute atomic E-state index is 0.200. The van der Waals surface area contributed by atoms with E-state index in [0.717, 1.165) is 17.4 Å². The normalized spacial score (nSPS) is 11.5. The molecule has 0 saturated carbocycles. The van der Waals surface area contributed by atoms with Crippen LogP contribution in [0.25, 0.3) is 0 Å². The van der Waals surface area contributed by atoms with Crippen LogP contribution < -0.4 is 5.32 Å². The molecular formula is C17H21N3O3S. The van der Waals surface area contributed by atoms with E-state index in [1.54, 1.807) is 30.6 Å². The monoisotopic (exact) mass is 347 g/mol. The number of carbonyl (C=O) groups excluding carboxylic acids is 1. The van der Waals surface area contributed by atoms with Gasteiger partial charge in [-0.05, 0) is 30.7 Å². The fourth-order valence-corrected chi connectivity index (χ4v) is 2.97. The lowest BCUT2D eigenvalue weighted by atomic mass is 10.1. The molecule has 24 heavy (non-hydrogen) atoms. The Morgan fingerprint density at radius 2 is 1.92 bits per heavy atom. The Morgan fingerprint density at radius 3 is 2.50 bits per heavy atom. The molecule has 0 bridgehead atoms. The van der Waals surface area contributed by atoms with E-state index in [4.69, 9.17) is 0 Å². The average Bonchev–Trinajstić information content (AvgIpc) is 2.54. The van der Waals surface area contributed by atoms with Crippen LogP contribution in [0.5, 0.6) is 0 Å². The molecule has 1 heterocycles. The molecule has 0 aliphatic heterocycles. The Hall–Kier alpha value is -2.25. The summed E-state index contributed by atoms with van der Waals surface area (Å²) in [5, 5.41) is 2.75. The van der Waals surface area contributed by atoms with E-state index in [9.17, 15) is 13.2 Å². The molecule has 0 fully saturated rings. The van der Waals surface area contributed by atoms with Crippen LogP contribution in [0.1, 0.15) is 21.5 Å².